The molecule has 0 spiro atoms. The van der Waals surface area contributed by atoms with E-state index in [9.17, 15) is 14.7 Å². The fourth-order valence-corrected chi connectivity index (χ4v) is 2.25. The summed E-state index contributed by atoms with van der Waals surface area (Å²) in [5, 5.41) is 18.6. The Hall–Kier alpha value is -2.04. The number of esters is 1. The van der Waals surface area contributed by atoms with E-state index in [0.29, 0.717) is 0 Å². The number of rotatable bonds is 4. The second kappa shape index (κ2) is 5.73. The van der Waals surface area contributed by atoms with Crippen molar-refractivity contribution in [1.82, 2.24) is 0 Å². The van der Waals surface area contributed by atoms with Crippen LogP contribution in [0.3, 0.4) is 0 Å². The minimum atomic E-state index is -0.483. The normalized spacial score (nSPS) is 15.4. The highest BCUT2D eigenvalue weighted by Crippen LogP contribution is 2.26. The van der Waals surface area contributed by atoms with Gasteiger partial charge in [0.15, 0.2) is 6.61 Å². The molecule has 0 amide bonds. The van der Waals surface area contributed by atoms with E-state index in [0.717, 1.165) is 31.7 Å². The molecule has 102 valence electrons. The van der Waals surface area contributed by atoms with Crippen LogP contribution < -0.4 is 0 Å². The lowest BCUT2D eigenvalue weighted by atomic mass is 10.1. The summed E-state index contributed by atoms with van der Waals surface area (Å²) in [7, 11) is 0. The van der Waals surface area contributed by atoms with Crippen LogP contribution in [0.15, 0.2) is 18.2 Å². The van der Waals surface area contributed by atoms with E-state index in [1.165, 1.54) is 12.1 Å². The van der Waals surface area contributed by atoms with Gasteiger partial charge in [0.1, 0.15) is 11.5 Å². The smallest absolute Gasteiger partial charge is 0.309 e. The zero-order chi connectivity index (χ0) is 13.8. The lowest BCUT2D eigenvalue weighted by Crippen LogP contribution is -2.19. The van der Waals surface area contributed by atoms with Crippen molar-refractivity contribution in [3.63, 3.8) is 0 Å². The number of phenolic OH excluding ortho intramolecular Hbond substituents is 2. The van der Waals surface area contributed by atoms with Gasteiger partial charge in [-0.1, -0.05) is 12.8 Å². The van der Waals surface area contributed by atoms with Gasteiger partial charge in [0, 0.05) is 6.07 Å². The second-order valence-electron chi connectivity index (χ2n) is 4.71. The second-order valence-corrected chi connectivity index (χ2v) is 4.71. The topological polar surface area (TPSA) is 83.8 Å². The van der Waals surface area contributed by atoms with Crippen LogP contribution >= 0.6 is 0 Å². The lowest BCUT2D eigenvalue weighted by molar-refractivity contribution is -0.147. The van der Waals surface area contributed by atoms with E-state index in [-0.39, 0.29) is 35.6 Å². The molecule has 1 saturated carbocycles. The molecule has 1 fully saturated rings. The molecule has 1 aliphatic rings. The Kier molecular flexibility index (Phi) is 4.04. The molecule has 2 rings (SSSR count). The van der Waals surface area contributed by atoms with Crippen LogP contribution in [0.25, 0.3) is 0 Å². The first-order valence-electron chi connectivity index (χ1n) is 6.30. The number of carbonyl (C=O) groups is 2. The van der Waals surface area contributed by atoms with Gasteiger partial charge in [-0.2, -0.15) is 0 Å². The standard InChI is InChI=1S/C14H16O5/c15-10-5-6-11(12(16)7-10)13(17)8-19-14(18)9-3-1-2-4-9/h5-7,9,15-16H,1-4,8H2. The van der Waals surface area contributed by atoms with E-state index in [4.69, 9.17) is 9.84 Å². The van der Waals surface area contributed by atoms with Crippen LogP contribution in [0.1, 0.15) is 36.0 Å². The predicted octanol–water partition coefficient (Wildman–Crippen LogP) is 2.01. The summed E-state index contributed by atoms with van der Waals surface area (Å²) in [6.07, 6.45) is 3.67. The van der Waals surface area contributed by atoms with Gasteiger partial charge in [-0.15, -0.1) is 0 Å². The van der Waals surface area contributed by atoms with Crippen molar-refractivity contribution in [2.24, 2.45) is 5.92 Å². The van der Waals surface area contributed by atoms with Crippen molar-refractivity contribution in [2.45, 2.75) is 25.7 Å². The fourth-order valence-electron chi connectivity index (χ4n) is 2.25. The maximum absolute atomic E-state index is 11.8. The molecule has 1 aromatic carbocycles. The summed E-state index contributed by atoms with van der Waals surface area (Å²) in [6.45, 7) is -0.381. The molecule has 5 nitrogen and oxygen atoms in total. The Morgan fingerprint density at radius 2 is 1.89 bits per heavy atom. The van der Waals surface area contributed by atoms with E-state index in [1.54, 1.807) is 0 Å². The van der Waals surface area contributed by atoms with E-state index in [2.05, 4.69) is 0 Å². The molecule has 0 heterocycles. The zero-order valence-corrected chi connectivity index (χ0v) is 10.5. The summed E-state index contributed by atoms with van der Waals surface area (Å²) in [4.78, 5) is 23.4. The van der Waals surface area contributed by atoms with Gasteiger partial charge < -0.3 is 14.9 Å². The van der Waals surface area contributed by atoms with Gasteiger partial charge in [-0.3, -0.25) is 9.59 Å². The Bertz CT molecular complexity index is 489. The lowest BCUT2D eigenvalue weighted by Gasteiger charge is -2.09. The SMILES string of the molecule is O=C(COC(=O)C1CCCC1)c1ccc(O)cc1O. The molecule has 1 aromatic rings. The highest BCUT2D eigenvalue weighted by molar-refractivity contribution is 6.00. The number of ether oxygens (including phenoxy) is 1. The molecule has 0 radical (unpaired) electrons. The summed E-state index contributed by atoms with van der Waals surface area (Å²) in [5.74, 6) is -1.37. The number of ketones is 1. The highest BCUT2D eigenvalue weighted by atomic mass is 16.5. The van der Waals surface area contributed by atoms with Crippen LogP contribution in [0.2, 0.25) is 0 Å². The largest absolute Gasteiger partial charge is 0.508 e. The van der Waals surface area contributed by atoms with Gasteiger partial charge in [-0.05, 0) is 25.0 Å². The molecule has 5 heteroatoms. The summed E-state index contributed by atoms with van der Waals surface area (Å²) < 4.78 is 4.97. The van der Waals surface area contributed by atoms with Gasteiger partial charge in [0.2, 0.25) is 5.78 Å². The molecular weight excluding hydrogens is 248 g/mol. The number of Topliss-reactive ketones (excluding diaryl/α,β-unsaturated/α-hetero) is 1. The highest BCUT2D eigenvalue weighted by Gasteiger charge is 2.25. The summed E-state index contributed by atoms with van der Waals surface area (Å²) >= 11 is 0. The molecule has 2 N–H and O–H groups in total. The summed E-state index contributed by atoms with van der Waals surface area (Å²) in [5.41, 5.74) is 0.0389. The molecule has 0 aromatic heterocycles. The number of aromatic hydroxyl groups is 2. The van der Waals surface area contributed by atoms with Crippen LogP contribution in [0.5, 0.6) is 11.5 Å². The Morgan fingerprint density at radius 1 is 1.21 bits per heavy atom. The molecule has 0 atom stereocenters. The summed E-state index contributed by atoms with van der Waals surface area (Å²) in [6, 6.07) is 3.67. The molecule has 1 aliphatic carbocycles. The molecule has 0 aliphatic heterocycles. The van der Waals surface area contributed by atoms with Crippen LogP contribution in [-0.4, -0.2) is 28.6 Å². The molecular formula is C14H16O5. The Morgan fingerprint density at radius 3 is 2.53 bits per heavy atom. The number of hydrogen-bond acceptors (Lipinski definition) is 5. The van der Waals surface area contributed by atoms with Crippen LogP contribution in [0, 0.1) is 5.92 Å². The molecule has 19 heavy (non-hydrogen) atoms. The van der Waals surface area contributed by atoms with Gasteiger partial charge in [0.25, 0.3) is 0 Å². The minimum absolute atomic E-state index is 0.0389. The Balaban J connectivity index is 1.92. The maximum Gasteiger partial charge on any atom is 0.309 e. The number of benzene rings is 1. The van der Waals surface area contributed by atoms with E-state index in [1.807, 2.05) is 0 Å². The number of carbonyl (C=O) groups excluding carboxylic acids is 2. The van der Waals surface area contributed by atoms with Crippen molar-refractivity contribution in [2.75, 3.05) is 6.61 Å². The van der Waals surface area contributed by atoms with Crippen LogP contribution in [-0.2, 0) is 9.53 Å². The van der Waals surface area contributed by atoms with Crippen LogP contribution in [0.4, 0.5) is 0 Å². The van der Waals surface area contributed by atoms with Crippen molar-refractivity contribution < 1.29 is 24.5 Å². The first-order valence-corrected chi connectivity index (χ1v) is 6.30. The Labute approximate surface area is 110 Å². The van der Waals surface area contributed by atoms with Gasteiger partial charge >= 0.3 is 5.97 Å². The fraction of sp³-hybridized carbons (Fsp3) is 0.429. The van der Waals surface area contributed by atoms with Crippen molar-refractivity contribution in [3.05, 3.63) is 23.8 Å². The zero-order valence-electron chi connectivity index (χ0n) is 10.5. The minimum Gasteiger partial charge on any atom is -0.508 e. The van der Waals surface area contributed by atoms with Crippen molar-refractivity contribution >= 4 is 11.8 Å². The average molecular weight is 264 g/mol. The maximum atomic E-state index is 11.8. The van der Waals surface area contributed by atoms with E-state index >= 15 is 0 Å². The predicted molar refractivity (Wildman–Crippen MR) is 67.0 cm³/mol. The average Bonchev–Trinajstić information content (AvgIpc) is 2.89. The quantitative estimate of drug-likeness (QED) is 0.642. The third-order valence-electron chi connectivity index (χ3n) is 3.32. The third kappa shape index (κ3) is 3.24. The number of hydrogen-bond donors (Lipinski definition) is 2. The van der Waals surface area contributed by atoms with E-state index < -0.39 is 5.78 Å². The van der Waals surface area contributed by atoms with Gasteiger partial charge in [-0.25, -0.2) is 0 Å². The number of phenols is 2. The van der Waals surface area contributed by atoms with Crippen molar-refractivity contribution in [3.8, 4) is 11.5 Å². The first kappa shape index (κ1) is 13.4. The van der Waals surface area contributed by atoms with Gasteiger partial charge in [0.05, 0.1) is 11.5 Å². The third-order valence-corrected chi connectivity index (χ3v) is 3.32. The van der Waals surface area contributed by atoms with Crippen molar-refractivity contribution in [1.29, 1.82) is 0 Å². The molecule has 0 saturated heterocycles. The molecule has 0 bridgehead atoms. The first-order chi connectivity index (χ1) is 9.08. The molecule has 0 unspecified atom stereocenters. The monoisotopic (exact) mass is 264 g/mol.